The maximum Gasteiger partial charge on any atom is 0.240 e. The number of phenols is 1. The number of phenolic OH excluding ortho intramolecular Hbond substituents is 1. The highest BCUT2D eigenvalue weighted by atomic mass is 16.5. The molecule has 0 aliphatic rings. The summed E-state index contributed by atoms with van der Waals surface area (Å²) < 4.78 is 0. The first kappa shape index (κ1) is 20.8. The number of primary amides is 1. The highest BCUT2D eigenvalue weighted by Gasteiger charge is 2.21. The summed E-state index contributed by atoms with van der Waals surface area (Å²) >= 11 is 0. The molecule has 1 aromatic rings. The smallest absolute Gasteiger partial charge is 0.240 e. The van der Waals surface area contributed by atoms with Crippen molar-refractivity contribution >= 4 is 11.8 Å². The first-order valence-corrected chi connectivity index (χ1v) is 8.16. The largest absolute Gasteiger partial charge is 0.508 e. The Hall–Kier alpha value is -2.20. The van der Waals surface area contributed by atoms with E-state index in [4.69, 9.17) is 16.8 Å². The predicted molar refractivity (Wildman–Crippen MR) is 92.3 cm³/mol. The Bertz CT molecular complexity index is 538. The molecule has 9 N–H and O–H groups in total. The van der Waals surface area contributed by atoms with E-state index in [9.17, 15) is 14.7 Å². The van der Waals surface area contributed by atoms with Crippen LogP contribution < -0.4 is 27.8 Å². The third-order valence-electron chi connectivity index (χ3n) is 3.79. The molecular weight excluding hydrogens is 326 g/mol. The summed E-state index contributed by atoms with van der Waals surface area (Å²) in [5.74, 6) is 4.26. The van der Waals surface area contributed by atoms with Gasteiger partial charge in [-0.3, -0.25) is 20.9 Å². The van der Waals surface area contributed by atoms with Crippen LogP contribution in [-0.2, 0) is 16.0 Å². The van der Waals surface area contributed by atoms with E-state index in [1.54, 1.807) is 12.1 Å². The molecule has 0 saturated heterocycles. The number of carbonyl (C=O) groups is 2. The van der Waals surface area contributed by atoms with Crippen LogP contribution in [0.1, 0.15) is 31.2 Å². The van der Waals surface area contributed by atoms with Crippen molar-refractivity contribution in [3.63, 3.8) is 0 Å². The van der Waals surface area contributed by atoms with E-state index < -0.39 is 18.0 Å². The second-order valence-corrected chi connectivity index (χ2v) is 5.87. The van der Waals surface area contributed by atoms with Gasteiger partial charge >= 0.3 is 0 Å². The fourth-order valence-electron chi connectivity index (χ4n) is 2.40. The summed E-state index contributed by atoms with van der Waals surface area (Å²) in [4.78, 5) is 23.7. The molecule has 1 rings (SSSR count). The Balaban J connectivity index is 2.51. The topological polar surface area (TPSA) is 163 Å². The zero-order valence-corrected chi connectivity index (χ0v) is 14.1. The SMILES string of the molecule is NNCCCCC(CC(=O)N[C@@H](Cc1ccc(O)cc1)C(N)=O)NO. The fourth-order valence-corrected chi connectivity index (χ4v) is 2.40. The molecule has 140 valence electrons. The average molecular weight is 353 g/mol. The van der Waals surface area contributed by atoms with Gasteiger partial charge in [0, 0.05) is 25.4 Å². The average Bonchev–Trinajstić information content (AvgIpc) is 2.58. The molecule has 0 spiro atoms. The zero-order valence-electron chi connectivity index (χ0n) is 14.1. The van der Waals surface area contributed by atoms with Gasteiger partial charge in [0.1, 0.15) is 11.8 Å². The number of aromatic hydroxyl groups is 1. The molecular formula is C16H27N5O4. The van der Waals surface area contributed by atoms with E-state index in [1.165, 1.54) is 12.1 Å². The number of amides is 2. The number of rotatable bonds is 12. The van der Waals surface area contributed by atoms with Crippen molar-refractivity contribution in [3.05, 3.63) is 29.8 Å². The van der Waals surface area contributed by atoms with Crippen molar-refractivity contribution in [2.24, 2.45) is 11.6 Å². The predicted octanol–water partition coefficient (Wildman–Crippen LogP) is -0.724. The number of nitrogens with two attached hydrogens (primary N) is 2. The van der Waals surface area contributed by atoms with Gasteiger partial charge in [-0.1, -0.05) is 18.6 Å². The van der Waals surface area contributed by atoms with Crippen LogP contribution in [0.15, 0.2) is 24.3 Å². The van der Waals surface area contributed by atoms with Gasteiger partial charge in [0.15, 0.2) is 0 Å². The molecule has 0 heterocycles. The van der Waals surface area contributed by atoms with E-state index in [2.05, 4.69) is 16.2 Å². The monoisotopic (exact) mass is 353 g/mol. The van der Waals surface area contributed by atoms with Crippen LogP contribution >= 0.6 is 0 Å². The van der Waals surface area contributed by atoms with Gasteiger partial charge in [-0.2, -0.15) is 0 Å². The molecule has 2 amide bonds. The zero-order chi connectivity index (χ0) is 18.7. The third kappa shape index (κ3) is 8.45. The summed E-state index contributed by atoms with van der Waals surface area (Å²) in [6, 6.07) is 5.02. The minimum atomic E-state index is -0.863. The minimum absolute atomic E-state index is 0.0198. The van der Waals surface area contributed by atoms with Crippen molar-refractivity contribution in [3.8, 4) is 5.75 Å². The molecule has 0 fully saturated rings. The van der Waals surface area contributed by atoms with Crippen molar-refractivity contribution in [1.29, 1.82) is 0 Å². The molecule has 0 aliphatic heterocycles. The van der Waals surface area contributed by atoms with Crippen LogP contribution in [0.4, 0.5) is 0 Å². The lowest BCUT2D eigenvalue weighted by Crippen LogP contribution is -2.47. The van der Waals surface area contributed by atoms with Crippen LogP contribution in [-0.4, -0.2) is 40.8 Å². The van der Waals surface area contributed by atoms with Crippen LogP contribution in [0.3, 0.4) is 0 Å². The van der Waals surface area contributed by atoms with Crippen molar-refractivity contribution in [1.82, 2.24) is 16.2 Å². The summed E-state index contributed by atoms with van der Waals surface area (Å²) in [6.45, 7) is 0.653. The number of hydroxylamine groups is 1. The van der Waals surface area contributed by atoms with E-state index in [0.717, 1.165) is 18.4 Å². The Kier molecular flexibility index (Phi) is 9.48. The number of carbonyl (C=O) groups excluding carboxylic acids is 2. The Morgan fingerprint density at radius 3 is 2.40 bits per heavy atom. The van der Waals surface area contributed by atoms with Gasteiger partial charge in [-0.25, -0.2) is 5.48 Å². The number of hydrazine groups is 1. The summed E-state index contributed by atoms with van der Waals surface area (Å²) in [5.41, 5.74) is 10.8. The molecule has 0 saturated carbocycles. The number of nitrogens with one attached hydrogen (secondary N) is 3. The van der Waals surface area contributed by atoms with Crippen molar-refractivity contribution in [2.75, 3.05) is 6.54 Å². The molecule has 9 nitrogen and oxygen atoms in total. The van der Waals surface area contributed by atoms with Gasteiger partial charge in [0.05, 0.1) is 0 Å². The first-order chi connectivity index (χ1) is 12.0. The molecule has 1 aromatic carbocycles. The lowest BCUT2D eigenvalue weighted by Gasteiger charge is -2.19. The van der Waals surface area contributed by atoms with E-state index in [0.29, 0.717) is 13.0 Å². The molecule has 0 radical (unpaired) electrons. The van der Waals surface area contributed by atoms with Crippen LogP contribution in [0, 0.1) is 0 Å². The molecule has 0 bridgehead atoms. The first-order valence-electron chi connectivity index (χ1n) is 8.16. The van der Waals surface area contributed by atoms with Crippen molar-refractivity contribution in [2.45, 2.75) is 44.2 Å². The van der Waals surface area contributed by atoms with E-state index >= 15 is 0 Å². The second-order valence-electron chi connectivity index (χ2n) is 5.87. The summed E-state index contributed by atoms with van der Waals surface area (Å²) in [6.07, 6.45) is 2.43. The van der Waals surface area contributed by atoms with E-state index in [1.807, 2.05) is 0 Å². The number of hydrogen-bond acceptors (Lipinski definition) is 7. The number of benzene rings is 1. The van der Waals surface area contributed by atoms with Gasteiger partial charge in [0.25, 0.3) is 0 Å². The summed E-state index contributed by atoms with van der Waals surface area (Å²) in [7, 11) is 0. The number of unbranched alkanes of at least 4 members (excludes halogenated alkanes) is 1. The molecule has 9 heteroatoms. The quantitative estimate of drug-likeness (QED) is 0.148. The molecule has 0 aliphatic carbocycles. The van der Waals surface area contributed by atoms with Gasteiger partial charge in [-0.15, -0.1) is 0 Å². The van der Waals surface area contributed by atoms with Crippen LogP contribution in [0.5, 0.6) is 5.75 Å². The van der Waals surface area contributed by atoms with Crippen molar-refractivity contribution < 1.29 is 19.9 Å². The van der Waals surface area contributed by atoms with Crippen LogP contribution in [0.25, 0.3) is 0 Å². The Labute approximate surface area is 146 Å². The minimum Gasteiger partial charge on any atom is -0.508 e. The maximum atomic E-state index is 12.1. The molecule has 1 unspecified atom stereocenters. The van der Waals surface area contributed by atoms with Gasteiger partial charge in [-0.05, 0) is 30.5 Å². The maximum absolute atomic E-state index is 12.1. The highest BCUT2D eigenvalue weighted by Crippen LogP contribution is 2.11. The fraction of sp³-hybridized carbons (Fsp3) is 0.500. The second kappa shape index (κ2) is 11.4. The van der Waals surface area contributed by atoms with Gasteiger partial charge in [0.2, 0.25) is 11.8 Å². The summed E-state index contributed by atoms with van der Waals surface area (Å²) in [5, 5.41) is 21.0. The lowest BCUT2D eigenvalue weighted by atomic mass is 10.0. The number of hydrogen-bond donors (Lipinski definition) is 7. The highest BCUT2D eigenvalue weighted by molar-refractivity contribution is 5.87. The molecule has 2 atom stereocenters. The Morgan fingerprint density at radius 1 is 1.16 bits per heavy atom. The normalized spacial score (nSPS) is 13.2. The third-order valence-corrected chi connectivity index (χ3v) is 3.79. The van der Waals surface area contributed by atoms with E-state index in [-0.39, 0.29) is 24.5 Å². The molecule has 25 heavy (non-hydrogen) atoms. The van der Waals surface area contributed by atoms with Gasteiger partial charge < -0.3 is 21.4 Å². The standard InChI is InChI=1S/C16H27N5O4/c17-16(24)14(9-11-4-6-13(22)7-5-11)20-15(23)10-12(21-25)3-1-2-8-19-18/h4-7,12,14,19,21-22,25H,1-3,8-10,18H2,(H2,17,24)(H,20,23)/t12?,14-/m0/s1. The van der Waals surface area contributed by atoms with Crippen LogP contribution in [0.2, 0.25) is 0 Å². The lowest BCUT2D eigenvalue weighted by molar-refractivity contribution is -0.128. The molecule has 0 aromatic heterocycles. The Morgan fingerprint density at radius 2 is 1.84 bits per heavy atom.